The number of H-pyrrole nitrogens is 1. The van der Waals surface area contributed by atoms with E-state index in [4.69, 9.17) is 16.6 Å². The molecule has 1 aromatic carbocycles. The number of nitrogens with zero attached hydrogens (tertiary/aromatic N) is 3. The average Bonchev–Trinajstić information content (AvgIpc) is 3.35. The molecule has 0 radical (unpaired) electrons. The quantitative estimate of drug-likeness (QED) is 0.754. The maximum absolute atomic E-state index is 12.8. The van der Waals surface area contributed by atoms with Gasteiger partial charge in [0.1, 0.15) is 5.82 Å². The molecule has 0 amide bonds. The molecule has 4 aliphatic rings. The van der Waals surface area contributed by atoms with E-state index in [-0.39, 0.29) is 5.56 Å². The lowest BCUT2D eigenvalue weighted by Gasteiger charge is -2.39. The second-order valence-electron chi connectivity index (χ2n) is 10.3. The third kappa shape index (κ3) is 3.69. The zero-order valence-electron chi connectivity index (χ0n) is 18.8. The Morgan fingerprint density at radius 3 is 2.69 bits per heavy atom. The van der Waals surface area contributed by atoms with Crippen molar-refractivity contribution in [1.29, 1.82) is 0 Å². The Kier molecular flexibility index (Phi) is 4.96. The number of halogens is 1. The fourth-order valence-electron chi connectivity index (χ4n) is 5.99. The summed E-state index contributed by atoms with van der Waals surface area (Å²) >= 11 is 6.13. The van der Waals surface area contributed by atoms with Crippen molar-refractivity contribution in [2.75, 3.05) is 31.1 Å². The Morgan fingerprint density at radius 2 is 1.94 bits per heavy atom. The van der Waals surface area contributed by atoms with E-state index in [1.165, 1.54) is 36.1 Å². The molecule has 168 valence electrons. The number of benzene rings is 1. The Morgan fingerprint density at radius 1 is 1.12 bits per heavy atom. The van der Waals surface area contributed by atoms with Crippen LogP contribution in [0.4, 0.5) is 5.69 Å². The number of nitrogens with one attached hydrogen (secondary N) is 1. The van der Waals surface area contributed by atoms with Crippen molar-refractivity contribution in [3.8, 4) is 0 Å². The summed E-state index contributed by atoms with van der Waals surface area (Å²) in [6.07, 6.45) is 10.1. The smallest absolute Gasteiger partial charge is 0.254 e. The lowest BCUT2D eigenvalue weighted by molar-refractivity contribution is 0.214. The van der Waals surface area contributed by atoms with Gasteiger partial charge in [0.05, 0.1) is 5.69 Å². The van der Waals surface area contributed by atoms with Gasteiger partial charge in [0.15, 0.2) is 0 Å². The summed E-state index contributed by atoms with van der Waals surface area (Å²) < 4.78 is 0. The van der Waals surface area contributed by atoms with Crippen LogP contribution in [0.3, 0.4) is 0 Å². The molecule has 2 fully saturated rings. The van der Waals surface area contributed by atoms with Crippen LogP contribution in [0.5, 0.6) is 0 Å². The molecule has 2 heterocycles. The second-order valence-corrected chi connectivity index (χ2v) is 10.7. The van der Waals surface area contributed by atoms with Gasteiger partial charge in [-0.25, -0.2) is 4.98 Å². The fourth-order valence-corrected chi connectivity index (χ4v) is 6.22. The maximum Gasteiger partial charge on any atom is 0.254 e. The SMILES string of the molecule is Cc1cc(Cl)ccc1N1CCN([C@H]2C=C(c3nc4c(c(=O)[nH]3)CC3(CC4)CC3)CC2)CC1. The fraction of sp³-hybridized carbons (Fsp3) is 0.538. The molecule has 3 aliphatic carbocycles. The second kappa shape index (κ2) is 7.74. The highest BCUT2D eigenvalue weighted by Gasteiger charge is 2.45. The highest BCUT2D eigenvalue weighted by Crippen LogP contribution is 2.53. The summed E-state index contributed by atoms with van der Waals surface area (Å²) in [6.45, 7) is 6.28. The molecule has 6 heteroatoms. The van der Waals surface area contributed by atoms with Gasteiger partial charge in [-0.2, -0.15) is 0 Å². The number of hydrogen-bond acceptors (Lipinski definition) is 4. The van der Waals surface area contributed by atoms with E-state index in [0.29, 0.717) is 11.5 Å². The Bertz CT molecular complexity index is 1140. The third-order valence-electron chi connectivity index (χ3n) is 8.19. The van der Waals surface area contributed by atoms with E-state index in [1.807, 2.05) is 12.1 Å². The minimum Gasteiger partial charge on any atom is -0.369 e. The minimum atomic E-state index is 0.104. The first kappa shape index (κ1) is 20.5. The molecule has 5 nitrogen and oxygen atoms in total. The number of piperazine rings is 1. The van der Waals surface area contributed by atoms with Crippen LogP contribution in [0, 0.1) is 12.3 Å². The first-order valence-electron chi connectivity index (χ1n) is 12.1. The van der Waals surface area contributed by atoms with Crippen LogP contribution < -0.4 is 10.5 Å². The number of allylic oxidation sites excluding steroid dienone is 1. The molecule has 1 aromatic heterocycles. The maximum atomic E-state index is 12.8. The van der Waals surface area contributed by atoms with Crippen LogP contribution in [0.15, 0.2) is 29.1 Å². The van der Waals surface area contributed by atoms with Crippen molar-refractivity contribution in [3.05, 3.63) is 62.3 Å². The van der Waals surface area contributed by atoms with Crippen molar-refractivity contribution in [3.63, 3.8) is 0 Å². The molecule has 1 saturated carbocycles. The monoisotopic (exact) mass is 450 g/mol. The predicted molar refractivity (Wildman–Crippen MR) is 130 cm³/mol. The van der Waals surface area contributed by atoms with Crippen LogP contribution in [0.25, 0.3) is 5.57 Å². The normalized spacial score (nSPS) is 24.5. The average molecular weight is 451 g/mol. The summed E-state index contributed by atoms with van der Waals surface area (Å²) in [7, 11) is 0. The number of aromatic nitrogens is 2. The zero-order valence-corrected chi connectivity index (χ0v) is 19.5. The number of fused-ring (bicyclic) bond motifs is 1. The minimum absolute atomic E-state index is 0.104. The Hall–Kier alpha value is -2.11. The number of anilines is 1. The van der Waals surface area contributed by atoms with Gasteiger partial charge in [-0.1, -0.05) is 17.7 Å². The van der Waals surface area contributed by atoms with E-state index in [0.717, 1.165) is 74.0 Å². The largest absolute Gasteiger partial charge is 0.369 e. The lowest BCUT2D eigenvalue weighted by Crippen LogP contribution is -2.49. The zero-order chi connectivity index (χ0) is 21.9. The van der Waals surface area contributed by atoms with E-state index < -0.39 is 0 Å². The van der Waals surface area contributed by atoms with Crippen LogP contribution >= 0.6 is 11.6 Å². The molecule has 6 rings (SSSR count). The summed E-state index contributed by atoms with van der Waals surface area (Å²) in [6, 6.07) is 6.62. The molecule has 1 spiro atoms. The Balaban J connectivity index is 1.14. The summed E-state index contributed by atoms with van der Waals surface area (Å²) in [5.41, 5.74) is 6.31. The molecule has 1 aliphatic heterocycles. The molecule has 0 bridgehead atoms. The molecule has 1 N–H and O–H groups in total. The molecule has 1 atom stereocenters. The number of hydrogen-bond donors (Lipinski definition) is 1. The van der Waals surface area contributed by atoms with Gasteiger partial charge in [-0.05, 0) is 86.6 Å². The van der Waals surface area contributed by atoms with Crippen molar-refractivity contribution in [2.24, 2.45) is 5.41 Å². The van der Waals surface area contributed by atoms with Gasteiger partial charge in [0, 0.05) is 48.5 Å². The van der Waals surface area contributed by atoms with Gasteiger partial charge in [-0.3, -0.25) is 9.69 Å². The first-order valence-corrected chi connectivity index (χ1v) is 12.5. The van der Waals surface area contributed by atoms with Crippen LogP contribution in [-0.4, -0.2) is 47.1 Å². The van der Waals surface area contributed by atoms with Crippen LogP contribution in [0.2, 0.25) is 5.02 Å². The number of rotatable bonds is 3. The summed E-state index contributed by atoms with van der Waals surface area (Å²) in [5.74, 6) is 0.818. The summed E-state index contributed by atoms with van der Waals surface area (Å²) in [5, 5.41) is 0.800. The molecular weight excluding hydrogens is 420 g/mol. The first-order chi connectivity index (χ1) is 15.5. The molecule has 2 aromatic rings. The van der Waals surface area contributed by atoms with Gasteiger partial charge >= 0.3 is 0 Å². The summed E-state index contributed by atoms with van der Waals surface area (Å²) in [4.78, 5) is 25.9. The van der Waals surface area contributed by atoms with Crippen LogP contribution in [-0.2, 0) is 12.8 Å². The van der Waals surface area contributed by atoms with Crippen molar-refractivity contribution < 1.29 is 0 Å². The third-order valence-corrected chi connectivity index (χ3v) is 8.43. The molecule has 0 unspecified atom stereocenters. The topological polar surface area (TPSA) is 52.2 Å². The predicted octanol–water partition coefficient (Wildman–Crippen LogP) is 4.37. The van der Waals surface area contributed by atoms with Gasteiger partial charge < -0.3 is 9.88 Å². The number of aromatic amines is 1. The van der Waals surface area contributed by atoms with Crippen molar-refractivity contribution in [2.45, 2.75) is 57.9 Å². The van der Waals surface area contributed by atoms with Gasteiger partial charge in [-0.15, -0.1) is 0 Å². The Labute approximate surface area is 194 Å². The highest BCUT2D eigenvalue weighted by atomic mass is 35.5. The van der Waals surface area contributed by atoms with E-state index in [2.05, 4.69) is 33.8 Å². The molecular formula is C26H31ClN4O. The van der Waals surface area contributed by atoms with Crippen molar-refractivity contribution in [1.82, 2.24) is 14.9 Å². The van der Waals surface area contributed by atoms with Gasteiger partial charge in [0.2, 0.25) is 0 Å². The molecule has 32 heavy (non-hydrogen) atoms. The van der Waals surface area contributed by atoms with Crippen molar-refractivity contribution >= 4 is 22.9 Å². The standard InChI is InChI=1S/C26H31ClN4O/c1-17-14-19(27)3-5-23(17)31-12-10-30(11-13-31)20-4-2-18(15-20)24-28-22-6-7-26(8-9-26)16-21(22)25(32)29-24/h3,5,14-15,20H,2,4,6-13,16H2,1H3,(H,28,29,32)/t20-/m1/s1. The number of aryl methyl sites for hydroxylation is 2. The van der Waals surface area contributed by atoms with Crippen LogP contribution in [0.1, 0.15) is 54.7 Å². The lowest BCUT2D eigenvalue weighted by atomic mass is 9.84. The van der Waals surface area contributed by atoms with E-state index in [1.54, 1.807) is 0 Å². The van der Waals surface area contributed by atoms with E-state index >= 15 is 0 Å². The highest BCUT2D eigenvalue weighted by molar-refractivity contribution is 6.30. The molecule has 1 saturated heterocycles. The van der Waals surface area contributed by atoms with E-state index in [9.17, 15) is 4.79 Å². The van der Waals surface area contributed by atoms with Gasteiger partial charge in [0.25, 0.3) is 5.56 Å².